The fraction of sp³-hybridized carbons (Fsp3) is 0.615. The predicted molar refractivity (Wildman–Crippen MR) is 62.4 cm³/mol. The van der Waals surface area contributed by atoms with Crippen molar-refractivity contribution < 1.29 is 9.21 Å². The van der Waals surface area contributed by atoms with Crippen molar-refractivity contribution in [2.45, 2.75) is 45.6 Å². The Kier molecular flexibility index (Phi) is 3.32. The molecule has 1 amide bonds. The molecule has 0 spiro atoms. The van der Waals surface area contributed by atoms with Gasteiger partial charge in [0.15, 0.2) is 0 Å². The monoisotopic (exact) mass is 221 g/mol. The molecule has 3 heteroatoms. The first-order valence-electron chi connectivity index (χ1n) is 6.09. The Labute approximate surface area is 96.4 Å². The van der Waals surface area contributed by atoms with E-state index in [1.807, 2.05) is 11.8 Å². The number of piperidine rings is 1. The summed E-state index contributed by atoms with van der Waals surface area (Å²) in [5.41, 5.74) is 0.723. The maximum atomic E-state index is 12.3. The molecule has 0 radical (unpaired) electrons. The molecular formula is C13H19NO2. The van der Waals surface area contributed by atoms with E-state index in [0.29, 0.717) is 6.04 Å². The quantitative estimate of drug-likeness (QED) is 0.769. The second kappa shape index (κ2) is 4.73. The van der Waals surface area contributed by atoms with Gasteiger partial charge in [0.05, 0.1) is 11.8 Å². The second-order valence-corrected chi connectivity index (χ2v) is 4.45. The molecule has 1 atom stereocenters. The van der Waals surface area contributed by atoms with Gasteiger partial charge in [0.1, 0.15) is 5.76 Å². The molecule has 0 saturated carbocycles. The Morgan fingerprint density at radius 2 is 2.38 bits per heavy atom. The van der Waals surface area contributed by atoms with Crippen molar-refractivity contribution in [2.75, 3.05) is 6.54 Å². The van der Waals surface area contributed by atoms with Crippen molar-refractivity contribution in [3.63, 3.8) is 0 Å². The van der Waals surface area contributed by atoms with Crippen LogP contribution in [0.25, 0.3) is 0 Å². The van der Waals surface area contributed by atoms with E-state index in [0.717, 1.165) is 37.1 Å². The Balaban J connectivity index is 2.17. The van der Waals surface area contributed by atoms with Crippen LogP contribution in [0, 0.1) is 6.92 Å². The maximum absolute atomic E-state index is 12.3. The number of hydrogen-bond donors (Lipinski definition) is 0. The molecule has 0 aliphatic carbocycles. The number of nitrogens with zero attached hydrogens (tertiary/aromatic N) is 1. The first-order chi connectivity index (χ1) is 7.74. The molecule has 2 rings (SSSR count). The van der Waals surface area contributed by atoms with Crippen LogP contribution in [0.5, 0.6) is 0 Å². The van der Waals surface area contributed by atoms with Gasteiger partial charge in [-0.15, -0.1) is 0 Å². The van der Waals surface area contributed by atoms with E-state index in [9.17, 15) is 4.79 Å². The van der Waals surface area contributed by atoms with Gasteiger partial charge in [0.2, 0.25) is 0 Å². The molecule has 1 aliphatic rings. The van der Waals surface area contributed by atoms with Crippen molar-refractivity contribution >= 4 is 5.91 Å². The standard InChI is InChI=1S/C13H19NO2/c1-3-11-6-4-5-8-14(11)13(15)12-7-9-16-10(12)2/h7,9,11H,3-6,8H2,1-2H3. The third kappa shape index (κ3) is 1.99. The van der Waals surface area contributed by atoms with Crippen LogP contribution in [0.3, 0.4) is 0 Å². The molecule has 16 heavy (non-hydrogen) atoms. The number of rotatable bonds is 2. The van der Waals surface area contributed by atoms with E-state index in [-0.39, 0.29) is 5.91 Å². The third-order valence-corrected chi connectivity index (χ3v) is 3.45. The Bertz CT molecular complexity index is 370. The number of aryl methyl sites for hydroxylation is 1. The molecule has 1 unspecified atom stereocenters. The summed E-state index contributed by atoms with van der Waals surface area (Å²) in [6.45, 7) is 4.89. The number of carbonyl (C=O) groups excluding carboxylic acids is 1. The Morgan fingerprint density at radius 1 is 1.56 bits per heavy atom. The summed E-state index contributed by atoms with van der Waals surface area (Å²) < 4.78 is 5.20. The van der Waals surface area contributed by atoms with Crippen LogP contribution >= 0.6 is 0 Å². The fourth-order valence-corrected chi connectivity index (χ4v) is 2.45. The van der Waals surface area contributed by atoms with Gasteiger partial charge in [-0.1, -0.05) is 6.92 Å². The van der Waals surface area contributed by atoms with Crippen molar-refractivity contribution in [2.24, 2.45) is 0 Å². The lowest BCUT2D eigenvalue weighted by atomic mass is 9.99. The van der Waals surface area contributed by atoms with Crippen LogP contribution in [0.15, 0.2) is 16.7 Å². The smallest absolute Gasteiger partial charge is 0.257 e. The number of furan rings is 1. The highest BCUT2D eigenvalue weighted by Crippen LogP contribution is 2.23. The normalized spacial score (nSPS) is 21.1. The molecule has 1 fully saturated rings. The minimum atomic E-state index is 0.137. The molecule has 1 saturated heterocycles. The second-order valence-electron chi connectivity index (χ2n) is 4.45. The van der Waals surface area contributed by atoms with Crippen LogP contribution in [0.2, 0.25) is 0 Å². The van der Waals surface area contributed by atoms with Gasteiger partial charge >= 0.3 is 0 Å². The van der Waals surface area contributed by atoms with E-state index in [1.165, 1.54) is 6.42 Å². The van der Waals surface area contributed by atoms with Crippen molar-refractivity contribution in [1.29, 1.82) is 0 Å². The molecule has 1 aromatic heterocycles. The van der Waals surface area contributed by atoms with E-state index >= 15 is 0 Å². The van der Waals surface area contributed by atoms with Crippen molar-refractivity contribution in [3.8, 4) is 0 Å². The minimum Gasteiger partial charge on any atom is -0.469 e. The van der Waals surface area contributed by atoms with Crippen molar-refractivity contribution in [3.05, 3.63) is 23.7 Å². The summed E-state index contributed by atoms with van der Waals surface area (Å²) in [6.07, 6.45) is 6.14. The lowest BCUT2D eigenvalue weighted by molar-refractivity contribution is 0.0606. The van der Waals surface area contributed by atoms with E-state index in [4.69, 9.17) is 4.42 Å². The zero-order valence-corrected chi connectivity index (χ0v) is 10.0. The largest absolute Gasteiger partial charge is 0.469 e. The highest BCUT2D eigenvalue weighted by molar-refractivity contribution is 5.95. The molecule has 1 aromatic rings. The zero-order valence-electron chi connectivity index (χ0n) is 10.0. The molecule has 0 bridgehead atoms. The predicted octanol–water partition coefficient (Wildman–Crippen LogP) is 2.99. The summed E-state index contributed by atoms with van der Waals surface area (Å²) in [4.78, 5) is 14.3. The molecule has 0 aromatic carbocycles. The van der Waals surface area contributed by atoms with Gasteiger partial charge in [-0.05, 0) is 38.7 Å². The van der Waals surface area contributed by atoms with Crippen LogP contribution in [0.1, 0.15) is 48.7 Å². The Hall–Kier alpha value is -1.25. The molecule has 88 valence electrons. The van der Waals surface area contributed by atoms with Crippen LogP contribution in [-0.2, 0) is 0 Å². The first-order valence-corrected chi connectivity index (χ1v) is 6.09. The SMILES string of the molecule is CCC1CCCCN1C(=O)c1ccoc1C. The number of hydrogen-bond acceptors (Lipinski definition) is 2. The maximum Gasteiger partial charge on any atom is 0.257 e. The summed E-state index contributed by atoms with van der Waals surface area (Å²) in [6, 6.07) is 2.19. The fourth-order valence-electron chi connectivity index (χ4n) is 2.45. The molecule has 2 heterocycles. The molecular weight excluding hydrogens is 202 g/mol. The van der Waals surface area contributed by atoms with Gasteiger partial charge in [0.25, 0.3) is 5.91 Å². The summed E-state index contributed by atoms with van der Waals surface area (Å²) in [5, 5.41) is 0. The average Bonchev–Trinajstić information content (AvgIpc) is 2.74. The lowest BCUT2D eigenvalue weighted by Crippen LogP contribution is -2.43. The van der Waals surface area contributed by atoms with Gasteiger partial charge in [0, 0.05) is 12.6 Å². The van der Waals surface area contributed by atoms with Gasteiger partial charge in [-0.3, -0.25) is 4.79 Å². The van der Waals surface area contributed by atoms with Gasteiger partial charge in [-0.25, -0.2) is 0 Å². The molecule has 0 N–H and O–H groups in total. The van der Waals surface area contributed by atoms with Crippen molar-refractivity contribution in [1.82, 2.24) is 4.90 Å². The summed E-state index contributed by atoms with van der Waals surface area (Å²) in [5.74, 6) is 0.864. The van der Waals surface area contributed by atoms with Gasteiger partial charge < -0.3 is 9.32 Å². The summed E-state index contributed by atoms with van der Waals surface area (Å²) in [7, 11) is 0. The van der Waals surface area contributed by atoms with Crippen LogP contribution < -0.4 is 0 Å². The highest BCUT2D eigenvalue weighted by Gasteiger charge is 2.27. The number of likely N-dealkylation sites (tertiary alicyclic amines) is 1. The van der Waals surface area contributed by atoms with E-state index in [2.05, 4.69) is 6.92 Å². The third-order valence-electron chi connectivity index (χ3n) is 3.45. The first kappa shape index (κ1) is 11.2. The number of amides is 1. The molecule has 1 aliphatic heterocycles. The van der Waals surface area contributed by atoms with E-state index < -0.39 is 0 Å². The average molecular weight is 221 g/mol. The highest BCUT2D eigenvalue weighted by atomic mass is 16.3. The topological polar surface area (TPSA) is 33.5 Å². The Morgan fingerprint density at radius 3 is 3.00 bits per heavy atom. The number of carbonyl (C=O) groups is 1. The minimum absolute atomic E-state index is 0.137. The van der Waals surface area contributed by atoms with E-state index in [1.54, 1.807) is 12.3 Å². The van der Waals surface area contributed by atoms with Gasteiger partial charge in [-0.2, -0.15) is 0 Å². The van der Waals surface area contributed by atoms with Crippen LogP contribution in [0.4, 0.5) is 0 Å². The summed E-state index contributed by atoms with van der Waals surface area (Å²) >= 11 is 0. The van der Waals surface area contributed by atoms with Crippen LogP contribution in [-0.4, -0.2) is 23.4 Å². The lowest BCUT2D eigenvalue weighted by Gasteiger charge is -2.35. The zero-order chi connectivity index (χ0) is 11.5. The molecule has 3 nitrogen and oxygen atoms in total.